The first-order chi connectivity index (χ1) is 13.5. The Hall–Kier alpha value is -3.67. The van der Waals surface area contributed by atoms with E-state index in [0.717, 1.165) is 11.1 Å². The number of rotatable bonds is 4. The molecular formula is C22H17NO5. The van der Waals surface area contributed by atoms with Gasteiger partial charge in [-0.2, -0.15) is 0 Å². The molecule has 1 aromatic heterocycles. The van der Waals surface area contributed by atoms with E-state index in [0.29, 0.717) is 16.7 Å². The number of imide groups is 1. The number of carbonyl (C=O) groups is 3. The lowest BCUT2D eigenvalue weighted by Gasteiger charge is -2.11. The summed E-state index contributed by atoms with van der Waals surface area (Å²) in [5, 5.41) is 0.467. The van der Waals surface area contributed by atoms with Crippen LogP contribution in [0.2, 0.25) is 0 Å². The Kier molecular flexibility index (Phi) is 4.31. The number of nitrogens with zero attached hydrogens (tertiary/aromatic N) is 1. The molecule has 6 nitrogen and oxygen atoms in total. The highest BCUT2D eigenvalue weighted by Gasteiger charge is 2.39. The van der Waals surface area contributed by atoms with Crippen LogP contribution in [0.25, 0.3) is 11.3 Å². The summed E-state index contributed by atoms with van der Waals surface area (Å²) in [6, 6.07) is 17.2. The number of hydrogen-bond acceptors (Lipinski definition) is 5. The molecule has 1 aliphatic heterocycles. The van der Waals surface area contributed by atoms with Crippen molar-refractivity contribution in [1.29, 1.82) is 0 Å². The van der Waals surface area contributed by atoms with Crippen molar-refractivity contribution in [2.24, 2.45) is 0 Å². The molecule has 28 heavy (non-hydrogen) atoms. The number of fused-ring (bicyclic) bond motifs is 1. The predicted octanol–water partition coefficient (Wildman–Crippen LogP) is 4.44. The van der Waals surface area contributed by atoms with Crippen molar-refractivity contribution in [3.8, 4) is 11.3 Å². The van der Waals surface area contributed by atoms with Crippen LogP contribution in [0, 0.1) is 0 Å². The summed E-state index contributed by atoms with van der Waals surface area (Å²) in [6.07, 6.45) is 0. The Labute approximate surface area is 161 Å². The Morgan fingerprint density at radius 1 is 0.929 bits per heavy atom. The van der Waals surface area contributed by atoms with Gasteiger partial charge in [0.25, 0.3) is 11.8 Å². The van der Waals surface area contributed by atoms with Gasteiger partial charge in [-0.3, -0.25) is 9.59 Å². The molecule has 0 bridgehead atoms. The Morgan fingerprint density at radius 2 is 1.61 bits per heavy atom. The van der Waals surface area contributed by atoms with E-state index < -0.39 is 17.8 Å². The van der Waals surface area contributed by atoms with E-state index in [2.05, 4.69) is 13.8 Å². The first-order valence-corrected chi connectivity index (χ1v) is 8.86. The minimum Gasteiger partial charge on any atom is -0.449 e. The zero-order valence-electron chi connectivity index (χ0n) is 15.3. The molecule has 2 heterocycles. The molecule has 4 rings (SSSR count). The summed E-state index contributed by atoms with van der Waals surface area (Å²) in [7, 11) is 0. The topological polar surface area (TPSA) is 76.8 Å². The maximum Gasteiger partial charge on any atom is 0.399 e. The van der Waals surface area contributed by atoms with Crippen LogP contribution in [-0.4, -0.2) is 22.8 Å². The van der Waals surface area contributed by atoms with Crippen molar-refractivity contribution in [2.75, 3.05) is 0 Å². The quantitative estimate of drug-likeness (QED) is 0.630. The molecule has 0 N–H and O–H groups in total. The largest absolute Gasteiger partial charge is 0.449 e. The monoisotopic (exact) mass is 375 g/mol. The van der Waals surface area contributed by atoms with Gasteiger partial charge < -0.3 is 9.25 Å². The van der Waals surface area contributed by atoms with Crippen LogP contribution in [-0.2, 0) is 4.84 Å². The zero-order valence-corrected chi connectivity index (χ0v) is 15.3. The van der Waals surface area contributed by atoms with Gasteiger partial charge in [-0.05, 0) is 41.8 Å². The summed E-state index contributed by atoms with van der Waals surface area (Å²) in [4.78, 5) is 42.0. The Morgan fingerprint density at radius 3 is 2.25 bits per heavy atom. The van der Waals surface area contributed by atoms with Crippen molar-refractivity contribution in [2.45, 2.75) is 19.8 Å². The van der Waals surface area contributed by atoms with E-state index in [4.69, 9.17) is 9.25 Å². The lowest BCUT2D eigenvalue weighted by molar-refractivity contribution is -0.0602. The minimum atomic E-state index is -0.916. The molecule has 0 atom stereocenters. The van der Waals surface area contributed by atoms with E-state index in [9.17, 15) is 14.4 Å². The van der Waals surface area contributed by atoms with Gasteiger partial charge in [0.05, 0.1) is 11.1 Å². The van der Waals surface area contributed by atoms with Crippen molar-refractivity contribution in [1.82, 2.24) is 5.06 Å². The van der Waals surface area contributed by atoms with Crippen LogP contribution in [0.3, 0.4) is 0 Å². The molecule has 0 aliphatic carbocycles. The normalized spacial score (nSPS) is 13.2. The fraction of sp³-hybridized carbons (Fsp3) is 0.136. The van der Waals surface area contributed by atoms with Crippen LogP contribution in [0.5, 0.6) is 0 Å². The van der Waals surface area contributed by atoms with E-state index in [-0.39, 0.29) is 16.9 Å². The lowest BCUT2D eigenvalue weighted by Crippen LogP contribution is -2.32. The van der Waals surface area contributed by atoms with Gasteiger partial charge in [0.1, 0.15) is 5.76 Å². The Balaban J connectivity index is 1.54. The molecule has 0 saturated heterocycles. The number of benzene rings is 2. The van der Waals surface area contributed by atoms with Gasteiger partial charge in [-0.15, -0.1) is 0 Å². The lowest BCUT2D eigenvalue weighted by atomic mass is 10.0. The van der Waals surface area contributed by atoms with Crippen LogP contribution in [0.4, 0.5) is 0 Å². The molecule has 2 aromatic carbocycles. The van der Waals surface area contributed by atoms with Crippen molar-refractivity contribution in [3.05, 3.63) is 83.1 Å². The maximum atomic E-state index is 12.4. The maximum absolute atomic E-state index is 12.4. The van der Waals surface area contributed by atoms with Crippen molar-refractivity contribution in [3.63, 3.8) is 0 Å². The zero-order chi connectivity index (χ0) is 19.8. The van der Waals surface area contributed by atoms with Crippen LogP contribution in [0.1, 0.15) is 56.6 Å². The first kappa shape index (κ1) is 17.7. The molecule has 1 aliphatic rings. The van der Waals surface area contributed by atoms with Gasteiger partial charge in [-0.25, -0.2) is 4.79 Å². The van der Waals surface area contributed by atoms with Gasteiger partial charge in [0, 0.05) is 5.56 Å². The fourth-order valence-corrected chi connectivity index (χ4v) is 3.03. The second-order valence-electron chi connectivity index (χ2n) is 6.77. The van der Waals surface area contributed by atoms with E-state index >= 15 is 0 Å². The number of carbonyl (C=O) groups excluding carboxylic acids is 3. The second kappa shape index (κ2) is 6.81. The van der Waals surface area contributed by atoms with Crippen molar-refractivity contribution < 1.29 is 23.6 Å². The standard InChI is InChI=1S/C22H17NO5/c1-13(2)14-6-5-7-15(12-14)18-10-11-19(27-18)22(26)28-23-20(24)16-8-3-4-9-17(16)21(23)25/h3-13H,1-2H3. The number of hydrogen-bond donors (Lipinski definition) is 0. The molecular weight excluding hydrogens is 358 g/mol. The molecule has 0 unspecified atom stereocenters. The summed E-state index contributed by atoms with van der Waals surface area (Å²) in [5.41, 5.74) is 2.37. The molecule has 0 fully saturated rings. The molecule has 3 aromatic rings. The molecule has 6 heteroatoms. The third-order valence-electron chi connectivity index (χ3n) is 4.58. The fourth-order valence-electron chi connectivity index (χ4n) is 3.03. The number of amides is 2. The molecule has 140 valence electrons. The van der Waals surface area contributed by atoms with Crippen LogP contribution < -0.4 is 0 Å². The van der Waals surface area contributed by atoms with Crippen LogP contribution >= 0.6 is 0 Å². The van der Waals surface area contributed by atoms with Gasteiger partial charge in [0.15, 0.2) is 0 Å². The molecule has 0 spiro atoms. The number of furan rings is 1. The average molecular weight is 375 g/mol. The third-order valence-corrected chi connectivity index (χ3v) is 4.58. The van der Waals surface area contributed by atoms with Crippen molar-refractivity contribution >= 4 is 17.8 Å². The second-order valence-corrected chi connectivity index (χ2v) is 6.77. The van der Waals surface area contributed by atoms with Gasteiger partial charge in [0.2, 0.25) is 5.76 Å². The van der Waals surface area contributed by atoms with E-state index in [1.165, 1.54) is 18.2 Å². The SMILES string of the molecule is CC(C)c1cccc(-c2ccc(C(=O)ON3C(=O)c4ccccc4C3=O)o2)c1. The van der Waals surface area contributed by atoms with Gasteiger partial charge >= 0.3 is 5.97 Å². The van der Waals surface area contributed by atoms with Crippen LogP contribution in [0.15, 0.2) is 65.1 Å². The molecule has 2 amide bonds. The molecule has 0 radical (unpaired) electrons. The Bertz CT molecular complexity index is 1060. The molecule has 0 saturated carbocycles. The summed E-state index contributed by atoms with van der Waals surface area (Å²) in [6.45, 7) is 4.18. The highest BCUT2D eigenvalue weighted by Crippen LogP contribution is 2.27. The summed E-state index contributed by atoms with van der Waals surface area (Å²) >= 11 is 0. The smallest absolute Gasteiger partial charge is 0.399 e. The van der Waals surface area contributed by atoms with E-state index in [1.54, 1.807) is 18.2 Å². The summed E-state index contributed by atoms with van der Waals surface area (Å²) in [5.74, 6) is -1.51. The van der Waals surface area contributed by atoms with Gasteiger partial charge in [-0.1, -0.05) is 49.2 Å². The average Bonchev–Trinajstić information content (AvgIpc) is 3.29. The first-order valence-electron chi connectivity index (χ1n) is 8.86. The number of hydroxylamine groups is 2. The highest BCUT2D eigenvalue weighted by molar-refractivity contribution is 6.21. The minimum absolute atomic E-state index is 0.0958. The third kappa shape index (κ3) is 2.99. The van der Waals surface area contributed by atoms with E-state index in [1.807, 2.05) is 24.3 Å². The predicted molar refractivity (Wildman–Crippen MR) is 101 cm³/mol. The highest BCUT2D eigenvalue weighted by atomic mass is 16.7. The summed E-state index contributed by atoms with van der Waals surface area (Å²) < 4.78 is 5.60.